The number of nitrogens with zero attached hydrogens (tertiary/aromatic N) is 1. The Morgan fingerprint density at radius 2 is 1.69 bits per heavy atom. The largest absolute Gasteiger partial charge is 0.480 e. The van der Waals surface area contributed by atoms with E-state index in [1.54, 1.807) is 6.20 Å². The van der Waals surface area contributed by atoms with Crippen molar-refractivity contribution < 1.29 is 29.4 Å². The standard InChI is InChI=1S/C23H29N7O6/c1-12(23(35)36)28-22(34)19(10-31)30-21(33)18(7-14-9-25-11-27-14)29-20(32)16(24)6-13-8-26-17-5-3-2-4-15(13)17/h2-5,8-9,11-12,16,18-19,26,31H,6-7,10,24H2,1H3,(H,25,27)(H,28,34)(H,29,32)(H,30,33)(H,35,36). The molecule has 13 heteroatoms. The summed E-state index contributed by atoms with van der Waals surface area (Å²) in [6, 6.07) is 2.77. The molecule has 0 fully saturated rings. The summed E-state index contributed by atoms with van der Waals surface area (Å²) < 4.78 is 0. The van der Waals surface area contributed by atoms with Crippen LogP contribution >= 0.6 is 0 Å². The van der Waals surface area contributed by atoms with E-state index < -0.39 is 54.5 Å². The summed E-state index contributed by atoms with van der Waals surface area (Å²) in [5, 5.41) is 26.6. The van der Waals surface area contributed by atoms with Gasteiger partial charge in [0.2, 0.25) is 17.7 Å². The number of carboxylic acid groups (broad SMARTS) is 1. The summed E-state index contributed by atoms with van der Waals surface area (Å²) in [4.78, 5) is 59.1. The Kier molecular flexibility index (Phi) is 8.76. The lowest BCUT2D eigenvalue weighted by Gasteiger charge is -2.23. The Morgan fingerprint density at radius 1 is 1.00 bits per heavy atom. The van der Waals surface area contributed by atoms with Gasteiger partial charge in [0.25, 0.3) is 0 Å². The molecule has 0 aliphatic carbocycles. The van der Waals surface area contributed by atoms with Crippen LogP contribution in [0.25, 0.3) is 10.9 Å². The normalized spacial score (nSPS) is 14.4. The van der Waals surface area contributed by atoms with E-state index in [9.17, 15) is 24.3 Å². The molecule has 3 aromatic rings. The maximum Gasteiger partial charge on any atom is 0.325 e. The first-order valence-electron chi connectivity index (χ1n) is 11.2. The van der Waals surface area contributed by atoms with Gasteiger partial charge in [-0.05, 0) is 25.0 Å². The predicted octanol–water partition coefficient (Wildman–Crippen LogP) is -1.45. The van der Waals surface area contributed by atoms with E-state index in [1.165, 1.54) is 19.4 Å². The first kappa shape index (κ1) is 26.4. The molecule has 9 N–H and O–H groups in total. The molecule has 13 nitrogen and oxygen atoms in total. The smallest absolute Gasteiger partial charge is 0.325 e. The lowest BCUT2D eigenvalue weighted by Crippen LogP contribution is -2.58. The van der Waals surface area contributed by atoms with E-state index >= 15 is 0 Å². The third-order valence-electron chi connectivity index (χ3n) is 5.61. The molecule has 0 spiro atoms. The second kappa shape index (κ2) is 12.0. The van der Waals surface area contributed by atoms with Crippen LogP contribution in [0.5, 0.6) is 0 Å². The fraction of sp³-hybridized carbons (Fsp3) is 0.348. The molecule has 0 bridgehead atoms. The number of H-pyrrole nitrogens is 2. The number of aliphatic hydroxyl groups excluding tert-OH is 1. The number of aliphatic hydroxyl groups is 1. The van der Waals surface area contributed by atoms with Crippen LogP contribution in [0, 0.1) is 0 Å². The third-order valence-corrected chi connectivity index (χ3v) is 5.61. The molecule has 0 saturated carbocycles. The van der Waals surface area contributed by atoms with Gasteiger partial charge in [0, 0.05) is 35.4 Å². The summed E-state index contributed by atoms with van der Waals surface area (Å²) in [5.41, 5.74) is 8.42. The molecule has 192 valence electrons. The first-order valence-corrected chi connectivity index (χ1v) is 11.2. The van der Waals surface area contributed by atoms with E-state index in [4.69, 9.17) is 10.8 Å². The van der Waals surface area contributed by atoms with Gasteiger partial charge in [-0.15, -0.1) is 0 Å². The number of carbonyl (C=O) groups excluding carboxylic acids is 3. The summed E-state index contributed by atoms with van der Waals surface area (Å²) in [6.07, 6.45) is 4.87. The number of carbonyl (C=O) groups is 4. The summed E-state index contributed by atoms with van der Waals surface area (Å²) in [6.45, 7) is 0.460. The maximum atomic E-state index is 13.0. The number of rotatable bonds is 12. The Bertz CT molecular complexity index is 1210. The van der Waals surface area contributed by atoms with Crippen LogP contribution in [0.1, 0.15) is 18.2 Å². The fourth-order valence-corrected chi connectivity index (χ4v) is 3.58. The zero-order valence-electron chi connectivity index (χ0n) is 19.5. The van der Waals surface area contributed by atoms with Crippen LogP contribution in [0.3, 0.4) is 0 Å². The average molecular weight is 500 g/mol. The average Bonchev–Trinajstić information content (AvgIpc) is 3.51. The van der Waals surface area contributed by atoms with Gasteiger partial charge in [0.05, 0.1) is 19.0 Å². The summed E-state index contributed by atoms with van der Waals surface area (Å²) in [7, 11) is 0. The van der Waals surface area contributed by atoms with Gasteiger partial charge in [-0.1, -0.05) is 18.2 Å². The topological polar surface area (TPSA) is 215 Å². The molecule has 0 saturated heterocycles. The summed E-state index contributed by atoms with van der Waals surface area (Å²) >= 11 is 0. The quantitative estimate of drug-likeness (QED) is 0.147. The zero-order chi connectivity index (χ0) is 26.2. The van der Waals surface area contributed by atoms with Crippen molar-refractivity contribution in [3.8, 4) is 0 Å². The second-order valence-corrected chi connectivity index (χ2v) is 8.32. The number of nitrogens with one attached hydrogen (secondary N) is 5. The molecule has 2 aromatic heterocycles. The van der Waals surface area contributed by atoms with Crippen LogP contribution in [-0.2, 0) is 32.0 Å². The summed E-state index contributed by atoms with van der Waals surface area (Å²) in [5.74, 6) is -3.53. The van der Waals surface area contributed by atoms with Gasteiger partial charge in [-0.2, -0.15) is 0 Å². The Balaban J connectivity index is 1.69. The number of amides is 3. The SMILES string of the molecule is CC(NC(=O)C(CO)NC(=O)C(Cc1cnc[nH]1)NC(=O)C(N)Cc1c[nH]c2ccccc12)C(=O)O. The maximum absolute atomic E-state index is 13.0. The van der Waals surface area contributed by atoms with Crippen molar-refractivity contribution in [1.29, 1.82) is 0 Å². The Morgan fingerprint density at radius 3 is 2.36 bits per heavy atom. The van der Waals surface area contributed by atoms with Crippen LogP contribution < -0.4 is 21.7 Å². The van der Waals surface area contributed by atoms with E-state index in [0.717, 1.165) is 16.5 Å². The molecular formula is C23H29N7O6. The van der Waals surface area contributed by atoms with Gasteiger partial charge in [0.1, 0.15) is 18.1 Å². The molecule has 2 heterocycles. The van der Waals surface area contributed by atoms with Crippen molar-refractivity contribution in [2.45, 2.75) is 43.9 Å². The van der Waals surface area contributed by atoms with E-state index in [2.05, 4.69) is 30.9 Å². The lowest BCUT2D eigenvalue weighted by atomic mass is 10.0. The van der Waals surface area contributed by atoms with Gasteiger partial charge < -0.3 is 41.9 Å². The minimum Gasteiger partial charge on any atom is -0.480 e. The molecular weight excluding hydrogens is 470 g/mol. The second-order valence-electron chi connectivity index (χ2n) is 8.32. The fourth-order valence-electron chi connectivity index (χ4n) is 3.58. The molecule has 1 aromatic carbocycles. The predicted molar refractivity (Wildman–Crippen MR) is 128 cm³/mol. The monoisotopic (exact) mass is 499 g/mol. The third kappa shape index (κ3) is 6.67. The minimum atomic E-state index is -1.43. The molecule has 4 atom stereocenters. The number of aromatic amines is 2. The zero-order valence-corrected chi connectivity index (χ0v) is 19.5. The number of carboxylic acids is 1. The Hall–Kier alpha value is -4.23. The van der Waals surface area contributed by atoms with Gasteiger partial charge >= 0.3 is 5.97 Å². The van der Waals surface area contributed by atoms with E-state index in [-0.39, 0.29) is 12.8 Å². The number of benzene rings is 1. The first-order chi connectivity index (χ1) is 17.2. The van der Waals surface area contributed by atoms with Crippen molar-refractivity contribution in [1.82, 2.24) is 30.9 Å². The number of hydrogen-bond donors (Lipinski definition) is 8. The number of para-hydroxylation sites is 1. The molecule has 3 rings (SSSR count). The van der Waals surface area contributed by atoms with Crippen LogP contribution in [0.4, 0.5) is 0 Å². The van der Waals surface area contributed by atoms with E-state index in [1.807, 2.05) is 24.3 Å². The highest BCUT2D eigenvalue weighted by molar-refractivity contribution is 5.94. The molecule has 0 aliphatic heterocycles. The van der Waals surface area contributed by atoms with Crippen molar-refractivity contribution >= 4 is 34.6 Å². The number of imidazole rings is 1. The molecule has 36 heavy (non-hydrogen) atoms. The molecule has 0 aliphatic rings. The number of fused-ring (bicyclic) bond motifs is 1. The number of aromatic nitrogens is 3. The molecule has 0 radical (unpaired) electrons. The molecule has 4 unspecified atom stereocenters. The van der Waals surface area contributed by atoms with E-state index in [0.29, 0.717) is 5.69 Å². The molecule has 3 amide bonds. The van der Waals surface area contributed by atoms with Crippen molar-refractivity contribution in [3.63, 3.8) is 0 Å². The highest BCUT2D eigenvalue weighted by Gasteiger charge is 2.29. The number of hydrogen-bond acceptors (Lipinski definition) is 7. The highest BCUT2D eigenvalue weighted by atomic mass is 16.4. The van der Waals surface area contributed by atoms with Crippen molar-refractivity contribution in [2.75, 3.05) is 6.61 Å². The highest BCUT2D eigenvalue weighted by Crippen LogP contribution is 2.18. The number of aliphatic carboxylic acids is 1. The minimum absolute atomic E-state index is 0.00265. The lowest BCUT2D eigenvalue weighted by molar-refractivity contribution is -0.142. The van der Waals surface area contributed by atoms with Crippen LogP contribution in [0.2, 0.25) is 0 Å². The van der Waals surface area contributed by atoms with Gasteiger partial charge in [0.15, 0.2) is 0 Å². The number of nitrogens with two attached hydrogens (primary N) is 1. The van der Waals surface area contributed by atoms with Gasteiger partial charge in [-0.25, -0.2) is 4.98 Å². The van der Waals surface area contributed by atoms with Gasteiger partial charge in [-0.3, -0.25) is 19.2 Å². The Labute approximate surface area is 205 Å². The van der Waals surface area contributed by atoms with Crippen LogP contribution in [0.15, 0.2) is 43.0 Å². The van der Waals surface area contributed by atoms with Crippen molar-refractivity contribution in [2.24, 2.45) is 5.73 Å². The van der Waals surface area contributed by atoms with Crippen LogP contribution in [-0.4, -0.2) is 79.6 Å². The van der Waals surface area contributed by atoms with Crippen molar-refractivity contribution in [3.05, 3.63) is 54.2 Å².